The predicted molar refractivity (Wildman–Crippen MR) is 66.8 cm³/mol. The minimum absolute atomic E-state index is 0.335. The first kappa shape index (κ1) is 13.2. The van der Waals surface area contributed by atoms with Crippen LogP contribution in [-0.2, 0) is 9.47 Å². The second-order valence-electron chi connectivity index (χ2n) is 3.33. The minimum Gasteiger partial charge on any atom is -0.481 e. The molecule has 0 saturated carbocycles. The largest absolute Gasteiger partial charge is 0.481 e. The highest BCUT2D eigenvalue weighted by Gasteiger charge is 2.06. The monoisotopic (exact) mass is 235 g/mol. The summed E-state index contributed by atoms with van der Waals surface area (Å²) in [5.41, 5.74) is 1.18. The molecule has 0 spiro atoms. The van der Waals surface area contributed by atoms with Gasteiger partial charge in [0.05, 0.1) is 24.5 Å². The zero-order valence-corrected chi connectivity index (χ0v) is 10.4. The molecule has 0 atom stereocenters. The van der Waals surface area contributed by atoms with E-state index in [-0.39, 0.29) is 5.97 Å². The van der Waals surface area contributed by atoms with Gasteiger partial charge in [0.25, 0.3) is 0 Å². The van der Waals surface area contributed by atoms with Crippen LogP contribution >= 0.6 is 0 Å². The van der Waals surface area contributed by atoms with Crippen molar-refractivity contribution in [2.24, 2.45) is 4.99 Å². The van der Waals surface area contributed by atoms with Crippen molar-refractivity contribution in [2.75, 3.05) is 13.2 Å². The Morgan fingerprint density at radius 3 is 2.59 bits per heavy atom. The van der Waals surface area contributed by atoms with Crippen LogP contribution in [0.3, 0.4) is 0 Å². The third-order valence-corrected chi connectivity index (χ3v) is 2.00. The fourth-order valence-electron chi connectivity index (χ4n) is 1.34. The summed E-state index contributed by atoms with van der Waals surface area (Å²) in [7, 11) is 0. The van der Waals surface area contributed by atoms with Crippen molar-refractivity contribution in [2.45, 2.75) is 20.8 Å². The van der Waals surface area contributed by atoms with E-state index in [1.165, 1.54) is 0 Å². The molecule has 0 saturated heterocycles. The maximum absolute atomic E-state index is 11.5. The van der Waals surface area contributed by atoms with Crippen LogP contribution in [0, 0.1) is 0 Å². The highest BCUT2D eigenvalue weighted by Crippen LogP contribution is 2.15. The smallest absolute Gasteiger partial charge is 0.338 e. The standard InChI is InChI=1S/C13H17NO3/c1-4-16-10(3)14-12-8-6-7-11(9-12)13(15)17-5-2/h6-9H,4-5H2,1-3H3. The topological polar surface area (TPSA) is 47.9 Å². The zero-order chi connectivity index (χ0) is 12.7. The number of rotatable bonds is 4. The average molecular weight is 235 g/mol. The van der Waals surface area contributed by atoms with E-state index in [0.29, 0.717) is 30.4 Å². The van der Waals surface area contributed by atoms with Crippen LogP contribution in [-0.4, -0.2) is 25.1 Å². The van der Waals surface area contributed by atoms with E-state index < -0.39 is 0 Å². The summed E-state index contributed by atoms with van der Waals surface area (Å²) in [6.45, 7) is 6.39. The number of carbonyl (C=O) groups is 1. The molecule has 0 aliphatic carbocycles. The summed E-state index contributed by atoms with van der Waals surface area (Å²) < 4.78 is 10.1. The third kappa shape index (κ3) is 4.26. The van der Waals surface area contributed by atoms with Gasteiger partial charge >= 0.3 is 5.97 Å². The molecule has 92 valence electrons. The highest BCUT2D eigenvalue weighted by molar-refractivity contribution is 5.90. The molecule has 1 aromatic carbocycles. The van der Waals surface area contributed by atoms with Crippen molar-refractivity contribution in [3.05, 3.63) is 29.8 Å². The number of carbonyl (C=O) groups excluding carboxylic acids is 1. The normalized spacial score (nSPS) is 11.1. The van der Waals surface area contributed by atoms with E-state index in [9.17, 15) is 4.79 Å². The predicted octanol–water partition coefficient (Wildman–Crippen LogP) is 2.95. The number of hydrogen-bond donors (Lipinski definition) is 0. The lowest BCUT2D eigenvalue weighted by atomic mass is 10.2. The van der Waals surface area contributed by atoms with Crippen molar-refractivity contribution in [1.82, 2.24) is 0 Å². The molecule has 1 aromatic rings. The molecule has 4 heteroatoms. The second-order valence-corrected chi connectivity index (χ2v) is 3.33. The van der Waals surface area contributed by atoms with Gasteiger partial charge in [-0.3, -0.25) is 0 Å². The molecule has 0 heterocycles. The molecule has 0 unspecified atom stereocenters. The summed E-state index contributed by atoms with van der Waals surface area (Å²) in [5.74, 6) is 0.243. The van der Waals surface area contributed by atoms with Gasteiger partial charge in [-0.15, -0.1) is 0 Å². The number of esters is 1. The summed E-state index contributed by atoms with van der Waals surface area (Å²) in [5, 5.41) is 0. The average Bonchev–Trinajstić information content (AvgIpc) is 2.30. The van der Waals surface area contributed by atoms with Crippen LogP contribution in [0.4, 0.5) is 5.69 Å². The Labute approximate surface area is 101 Å². The van der Waals surface area contributed by atoms with E-state index in [4.69, 9.17) is 9.47 Å². The first-order chi connectivity index (χ1) is 8.17. The Morgan fingerprint density at radius 2 is 1.94 bits per heavy atom. The number of benzene rings is 1. The van der Waals surface area contributed by atoms with Crippen LogP contribution in [0.2, 0.25) is 0 Å². The molecule has 4 nitrogen and oxygen atoms in total. The Balaban J connectivity index is 2.86. The van der Waals surface area contributed by atoms with Crippen LogP contribution in [0.1, 0.15) is 31.1 Å². The molecule has 17 heavy (non-hydrogen) atoms. The van der Waals surface area contributed by atoms with E-state index in [1.807, 2.05) is 13.0 Å². The lowest BCUT2D eigenvalue weighted by molar-refractivity contribution is 0.0526. The lowest BCUT2D eigenvalue weighted by Gasteiger charge is -2.04. The maximum atomic E-state index is 11.5. The Morgan fingerprint density at radius 1 is 1.24 bits per heavy atom. The molecule has 0 aliphatic rings. The summed E-state index contributed by atoms with van der Waals surface area (Å²) >= 11 is 0. The second kappa shape index (κ2) is 6.68. The lowest BCUT2D eigenvalue weighted by Crippen LogP contribution is -2.04. The van der Waals surface area contributed by atoms with Gasteiger partial charge in [-0.2, -0.15) is 0 Å². The van der Waals surface area contributed by atoms with E-state index in [1.54, 1.807) is 32.0 Å². The van der Waals surface area contributed by atoms with Gasteiger partial charge in [0.1, 0.15) is 0 Å². The van der Waals surface area contributed by atoms with Crippen molar-refractivity contribution >= 4 is 17.6 Å². The van der Waals surface area contributed by atoms with Crippen LogP contribution < -0.4 is 0 Å². The van der Waals surface area contributed by atoms with Gasteiger partial charge in [-0.05, 0) is 32.0 Å². The van der Waals surface area contributed by atoms with Gasteiger partial charge < -0.3 is 9.47 Å². The van der Waals surface area contributed by atoms with Crippen molar-refractivity contribution in [3.63, 3.8) is 0 Å². The SMILES string of the molecule is CCOC(=O)c1cccc(N=C(C)OCC)c1. The van der Waals surface area contributed by atoms with Crippen molar-refractivity contribution in [1.29, 1.82) is 0 Å². The molecular formula is C13H17NO3. The number of ether oxygens (including phenoxy) is 2. The number of nitrogens with zero attached hydrogens (tertiary/aromatic N) is 1. The Kier molecular flexibility index (Phi) is 5.20. The van der Waals surface area contributed by atoms with Crippen LogP contribution in [0.25, 0.3) is 0 Å². The van der Waals surface area contributed by atoms with E-state index in [0.717, 1.165) is 0 Å². The molecule has 0 fully saturated rings. The molecule has 0 amide bonds. The minimum atomic E-state index is -0.335. The quantitative estimate of drug-likeness (QED) is 0.458. The third-order valence-electron chi connectivity index (χ3n) is 2.00. The molecule has 0 aromatic heterocycles. The first-order valence-corrected chi connectivity index (χ1v) is 5.62. The number of hydrogen-bond acceptors (Lipinski definition) is 4. The van der Waals surface area contributed by atoms with Crippen LogP contribution in [0.5, 0.6) is 0 Å². The van der Waals surface area contributed by atoms with Gasteiger partial charge in [0, 0.05) is 6.92 Å². The zero-order valence-electron chi connectivity index (χ0n) is 10.4. The summed E-state index contributed by atoms with van der Waals surface area (Å²) in [6, 6.07) is 6.96. The molecule has 0 radical (unpaired) electrons. The molecule has 0 aliphatic heterocycles. The van der Waals surface area contributed by atoms with Gasteiger partial charge in [0.15, 0.2) is 5.90 Å². The van der Waals surface area contributed by atoms with Gasteiger partial charge in [-0.25, -0.2) is 9.79 Å². The fraction of sp³-hybridized carbons (Fsp3) is 0.385. The first-order valence-electron chi connectivity index (χ1n) is 5.62. The van der Waals surface area contributed by atoms with Gasteiger partial charge in [0.2, 0.25) is 0 Å². The Bertz CT molecular complexity index is 413. The molecule has 1 rings (SSSR count). The fourth-order valence-corrected chi connectivity index (χ4v) is 1.34. The van der Waals surface area contributed by atoms with Gasteiger partial charge in [-0.1, -0.05) is 6.07 Å². The van der Waals surface area contributed by atoms with E-state index >= 15 is 0 Å². The molecule has 0 N–H and O–H groups in total. The van der Waals surface area contributed by atoms with Crippen molar-refractivity contribution in [3.8, 4) is 0 Å². The van der Waals surface area contributed by atoms with Crippen LogP contribution in [0.15, 0.2) is 29.3 Å². The molecule has 0 bridgehead atoms. The Hall–Kier alpha value is -1.84. The number of aliphatic imine (C=N–C) groups is 1. The van der Waals surface area contributed by atoms with E-state index in [2.05, 4.69) is 4.99 Å². The summed E-state index contributed by atoms with van der Waals surface area (Å²) in [4.78, 5) is 15.7. The highest BCUT2D eigenvalue weighted by atomic mass is 16.5. The van der Waals surface area contributed by atoms with Crippen molar-refractivity contribution < 1.29 is 14.3 Å². The molecular weight excluding hydrogens is 218 g/mol. The maximum Gasteiger partial charge on any atom is 0.338 e. The summed E-state index contributed by atoms with van der Waals surface area (Å²) in [6.07, 6.45) is 0.